The zero-order valence-electron chi connectivity index (χ0n) is 15.1. The minimum Gasteiger partial charge on any atom is -0.310 e. The average Bonchev–Trinajstić information content (AvgIpc) is 3.23. The van der Waals surface area contributed by atoms with Crippen LogP contribution in [0, 0.1) is 0 Å². The van der Waals surface area contributed by atoms with Crippen molar-refractivity contribution in [3.05, 3.63) is 84.2 Å². The number of nitrogens with zero attached hydrogens (tertiary/aromatic N) is 3. The lowest BCUT2D eigenvalue weighted by atomic mass is 10.0. The number of likely N-dealkylation sites (tertiary alicyclic amines) is 1. The van der Waals surface area contributed by atoms with Gasteiger partial charge in [-0.1, -0.05) is 48.5 Å². The van der Waals surface area contributed by atoms with Crippen LogP contribution >= 0.6 is 0 Å². The second-order valence-corrected chi connectivity index (χ2v) is 7.00. The summed E-state index contributed by atoms with van der Waals surface area (Å²) in [7, 11) is 0. The Bertz CT molecular complexity index is 790. The van der Waals surface area contributed by atoms with Crippen LogP contribution in [0.5, 0.6) is 0 Å². The summed E-state index contributed by atoms with van der Waals surface area (Å²) >= 11 is 0. The lowest BCUT2D eigenvalue weighted by molar-refractivity contribution is 0.190. The maximum atomic E-state index is 4.37. The van der Waals surface area contributed by atoms with Crippen molar-refractivity contribution in [3.63, 3.8) is 0 Å². The second kappa shape index (κ2) is 8.30. The molecule has 2 aromatic carbocycles. The Hall–Kier alpha value is -2.43. The Kier molecular flexibility index (Phi) is 5.43. The van der Waals surface area contributed by atoms with E-state index in [0.717, 1.165) is 31.9 Å². The number of hydrogen-bond donors (Lipinski definition) is 1. The van der Waals surface area contributed by atoms with E-state index in [1.165, 1.54) is 24.0 Å². The molecule has 0 atom stereocenters. The summed E-state index contributed by atoms with van der Waals surface area (Å²) in [5.41, 5.74) is 3.86. The number of piperidine rings is 1. The van der Waals surface area contributed by atoms with Gasteiger partial charge in [0, 0.05) is 31.5 Å². The fourth-order valence-corrected chi connectivity index (χ4v) is 3.69. The number of benzene rings is 2. The van der Waals surface area contributed by atoms with Crippen LogP contribution in [0.15, 0.2) is 73.1 Å². The van der Waals surface area contributed by atoms with Crippen LogP contribution in [0.1, 0.15) is 24.0 Å². The van der Waals surface area contributed by atoms with Gasteiger partial charge in [0.25, 0.3) is 0 Å². The Morgan fingerprint density at radius 2 is 1.69 bits per heavy atom. The molecule has 134 valence electrons. The quantitative estimate of drug-likeness (QED) is 0.740. The van der Waals surface area contributed by atoms with Crippen LogP contribution in [0.25, 0.3) is 5.69 Å². The molecular weight excluding hydrogens is 320 g/mol. The highest BCUT2D eigenvalue weighted by Gasteiger charge is 2.19. The molecule has 0 aliphatic carbocycles. The zero-order valence-corrected chi connectivity index (χ0v) is 15.1. The van der Waals surface area contributed by atoms with E-state index in [9.17, 15) is 0 Å². The molecule has 0 bridgehead atoms. The molecule has 4 heteroatoms. The SMILES string of the molecule is c1ccc(CN2CCC(NCc3ccccc3-n3cccn3)CC2)cc1. The van der Waals surface area contributed by atoms with E-state index in [0.29, 0.717) is 6.04 Å². The first kappa shape index (κ1) is 17.0. The smallest absolute Gasteiger partial charge is 0.0690 e. The number of nitrogens with one attached hydrogen (secondary N) is 1. The van der Waals surface area contributed by atoms with Crippen molar-refractivity contribution in [2.24, 2.45) is 0 Å². The molecule has 1 aromatic heterocycles. The highest BCUT2D eigenvalue weighted by molar-refractivity contribution is 5.40. The fourth-order valence-electron chi connectivity index (χ4n) is 3.69. The molecule has 1 aliphatic rings. The highest BCUT2D eigenvalue weighted by atomic mass is 15.3. The molecule has 0 saturated carbocycles. The summed E-state index contributed by atoms with van der Waals surface area (Å²) in [6.07, 6.45) is 6.24. The summed E-state index contributed by atoms with van der Waals surface area (Å²) < 4.78 is 1.94. The van der Waals surface area contributed by atoms with E-state index in [1.54, 1.807) is 0 Å². The predicted molar refractivity (Wildman–Crippen MR) is 105 cm³/mol. The number of para-hydroxylation sites is 1. The molecule has 1 fully saturated rings. The van der Waals surface area contributed by atoms with E-state index in [1.807, 2.05) is 23.1 Å². The van der Waals surface area contributed by atoms with E-state index < -0.39 is 0 Å². The van der Waals surface area contributed by atoms with Gasteiger partial charge in [0.1, 0.15) is 0 Å². The normalized spacial score (nSPS) is 16.0. The summed E-state index contributed by atoms with van der Waals surface area (Å²) in [5, 5.41) is 8.13. The third-order valence-electron chi connectivity index (χ3n) is 5.16. The number of hydrogen-bond acceptors (Lipinski definition) is 3. The summed E-state index contributed by atoms with van der Waals surface area (Å²) in [5.74, 6) is 0. The van der Waals surface area contributed by atoms with Gasteiger partial charge in [-0.25, -0.2) is 4.68 Å². The lowest BCUT2D eigenvalue weighted by Gasteiger charge is -2.32. The van der Waals surface area contributed by atoms with Gasteiger partial charge in [-0.2, -0.15) is 5.10 Å². The van der Waals surface area contributed by atoms with Gasteiger partial charge < -0.3 is 5.32 Å². The molecule has 0 unspecified atom stereocenters. The van der Waals surface area contributed by atoms with Crippen LogP contribution in [-0.2, 0) is 13.1 Å². The minimum atomic E-state index is 0.590. The summed E-state index contributed by atoms with van der Waals surface area (Å²) in [6, 6.07) is 21.8. The monoisotopic (exact) mass is 346 g/mol. The second-order valence-electron chi connectivity index (χ2n) is 7.00. The average molecular weight is 346 g/mol. The van der Waals surface area contributed by atoms with E-state index in [-0.39, 0.29) is 0 Å². The molecule has 2 heterocycles. The van der Waals surface area contributed by atoms with E-state index in [4.69, 9.17) is 0 Å². The van der Waals surface area contributed by atoms with Gasteiger partial charge in [-0.15, -0.1) is 0 Å². The van der Waals surface area contributed by atoms with Crippen molar-refractivity contribution in [3.8, 4) is 5.69 Å². The maximum Gasteiger partial charge on any atom is 0.0690 e. The van der Waals surface area contributed by atoms with Crippen LogP contribution in [0.4, 0.5) is 0 Å². The maximum absolute atomic E-state index is 4.37. The summed E-state index contributed by atoms with van der Waals surface area (Å²) in [6.45, 7) is 4.27. The summed E-state index contributed by atoms with van der Waals surface area (Å²) in [4.78, 5) is 2.56. The Morgan fingerprint density at radius 3 is 2.46 bits per heavy atom. The van der Waals surface area contributed by atoms with Gasteiger partial charge in [0.05, 0.1) is 5.69 Å². The predicted octanol–water partition coefficient (Wildman–Crippen LogP) is 3.63. The molecule has 1 N–H and O–H groups in total. The van der Waals surface area contributed by atoms with Gasteiger partial charge >= 0.3 is 0 Å². The Balaban J connectivity index is 1.29. The molecule has 4 nitrogen and oxygen atoms in total. The number of aromatic nitrogens is 2. The first-order valence-corrected chi connectivity index (χ1v) is 9.46. The molecule has 0 radical (unpaired) electrons. The molecular formula is C22H26N4. The van der Waals surface area contributed by atoms with Crippen LogP contribution in [0.2, 0.25) is 0 Å². The molecule has 26 heavy (non-hydrogen) atoms. The van der Waals surface area contributed by atoms with Crippen molar-refractivity contribution in [2.75, 3.05) is 13.1 Å². The zero-order chi connectivity index (χ0) is 17.6. The first-order valence-electron chi connectivity index (χ1n) is 9.46. The first-order chi connectivity index (χ1) is 12.9. The third-order valence-corrected chi connectivity index (χ3v) is 5.16. The molecule has 0 spiro atoms. The highest BCUT2D eigenvalue weighted by Crippen LogP contribution is 2.17. The molecule has 1 saturated heterocycles. The van der Waals surface area contributed by atoms with Crippen LogP contribution in [0.3, 0.4) is 0 Å². The van der Waals surface area contributed by atoms with Gasteiger partial charge in [0.15, 0.2) is 0 Å². The van der Waals surface area contributed by atoms with Crippen LogP contribution < -0.4 is 5.32 Å². The minimum absolute atomic E-state index is 0.590. The van der Waals surface area contributed by atoms with Gasteiger partial charge in [-0.3, -0.25) is 4.90 Å². The fraction of sp³-hybridized carbons (Fsp3) is 0.318. The van der Waals surface area contributed by atoms with E-state index >= 15 is 0 Å². The Labute approximate surface area is 155 Å². The number of rotatable bonds is 6. The van der Waals surface area contributed by atoms with Gasteiger partial charge in [-0.05, 0) is 49.2 Å². The van der Waals surface area contributed by atoms with E-state index in [2.05, 4.69) is 69.9 Å². The third kappa shape index (κ3) is 4.21. The van der Waals surface area contributed by atoms with Gasteiger partial charge in [0.2, 0.25) is 0 Å². The van der Waals surface area contributed by atoms with Crippen molar-refractivity contribution < 1.29 is 0 Å². The van der Waals surface area contributed by atoms with Crippen molar-refractivity contribution in [1.29, 1.82) is 0 Å². The Morgan fingerprint density at radius 1 is 0.923 bits per heavy atom. The standard InChI is InChI=1S/C22H26N4/c1-2-7-19(8-3-1)18-25-15-11-21(12-16-25)23-17-20-9-4-5-10-22(20)26-14-6-13-24-26/h1-10,13-14,21,23H,11-12,15-18H2. The van der Waals surface area contributed by atoms with Crippen molar-refractivity contribution in [2.45, 2.75) is 32.0 Å². The van der Waals surface area contributed by atoms with Crippen molar-refractivity contribution in [1.82, 2.24) is 20.0 Å². The van der Waals surface area contributed by atoms with Crippen LogP contribution in [-0.4, -0.2) is 33.8 Å². The van der Waals surface area contributed by atoms with Crippen molar-refractivity contribution >= 4 is 0 Å². The molecule has 4 rings (SSSR count). The largest absolute Gasteiger partial charge is 0.310 e. The molecule has 1 aliphatic heterocycles. The topological polar surface area (TPSA) is 33.1 Å². The lowest BCUT2D eigenvalue weighted by Crippen LogP contribution is -2.41. The molecule has 0 amide bonds. The molecule has 3 aromatic rings.